The maximum atomic E-state index is 16.1. The predicted molar refractivity (Wildman–Crippen MR) is 168 cm³/mol. The molecule has 1 aliphatic carbocycles. The van der Waals surface area contributed by atoms with Gasteiger partial charge in [-0.05, 0) is 50.5 Å². The second-order valence-electron chi connectivity index (χ2n) is 12.0. The van der Waals surface area contributed by atoms with Gasteiger partial charge in [0.05, 0.1) is 24.6 Å². The molecule has 0 radical (unpaired) electrons. The largest absolute Gasteiger partial charge is 0.492 e. The van der Waals surface area contributed by atoms with Crippen molar-refractivity contribution in [1.29, 1.82) is 0 Å². The Hall–Kier alpha value is -3.14. The Balaban J connectivity index is 1.51. The van der Waals surface area contributed by atoms with Crippen molar-refractivity contribution >= 4 is 51.5 Å². The monoisotopic (exact) mass is 630 g/mol. The molecule has 0 bridgehead atoms. The number of carbonyl (C=O) groups is 2. The number of anilines is 1. The summed E-state index contributed by atoms with van der Waals surface area (Å²) in [7, 11) is 1.47. The molecule has 8 nitrogen and oxygen atoms in total. The zero-order valence-corrected chi connectivity index (χ0v) is 26.6. The normalized spacial score (nSPS) is 19.2. The molecule has 11 heteroatoms. The molecule has 3 aromatic rings. The van der Waals surface area contributed by atoms with E-state index in [4.69, 9.17) is 27.9 Å². The van der Waals surface area contributed by atoms with Crippen LogP contribution in [0.15, 0.2) is 35.3 Å². The van der Waals surface area contributed by atoms with Crippen LogP contribution in [0, 0.1) is 11.7 Å². The SMILES string of the molecule is COc1c(N2C[C@@H](C)N(CC(=O)C(C)C)[C@@H](C)C2)c(F)cc2c(=O)c(C(=O)NCc3ccc(Cl)cc3Cl)cn(C3CC3)c12. The Morgan fingerprint density at radius 2 is 1.79 bits per heavy atom. The average molecular weight is 632 g/mol. The number of ether oxygens (including phenoxy) is 1. The quantitative estimate of drug-likeness (QED) is 0.320. The van der Waals surface area contributed by atoms with Gasteiger partial charge in [-0.2, -0.15) is 0 Å². The number of hydrogen-bond acceptors (Lipinski definition) is 6. The van der Waals surface area contributed by atoms with Crippen molar-refractivity contribution < 1.29 is 18.7 Å². The van der Waals surface area contributed by atoms with Crippen LogP contribution in [-0.2, 0) is 11.3 Å². The molecule has 1 aromatic heterocycles. The Morgan fingerprint density at radius 1 is 1.12 bits per heavy atom. The lowest BCUT2D eigenvalue weighted by Gasteiger charge is -2.45. The number of Topliss-reactive ketones (excluding diaryl/α,β-unsaturated/α-hetero) is 1. The summed E-state index contributed by atoms with van der Waals surface area (Å²) in [5.74, 6) is -0.793. The molecule has 2 fully saturated rings. The molecule has 2 aromatic carbocycles. The lowest BCUT2D eigenvalue weighted by atomic mass is 10.0. The van der Waals surface area contributed by atoms with E-state index in [9.17, 15) is 14.4 Å². The van der Waals surface area contributed by atoms with Gasteiger partial charge in [-0.15, -0.1) is 0 Å². The minimum atomic E-state index is -0.597. The highest BCUT2D eigenvalue weighted by Gasteiger charge is 2.36. The van der Waals surface area contributed by atoms with Crippen molar-refractivity contribution in [3.8, 4) is 5.75 Å². The van der Waals surface area contributed by atoms with Crippen molar-refractivity contribution in [3.63, 3.8) is 0 Å². The fourth-order valence-electron chi connectivity index (χ4n) is 5.88. The maximum absolute atomic E-state index is 16.1. The molecule has 5 rings (SSSR count). The molecule has 1 amide bonds. The summed E-state index contributed by atoms with van der Waals surface area (Å²) in [5, 5.41) is 3.73. The van der Waals surface area contributed by atoms with Crippen LogP contribution < -0.4 is 20.4 Å². The molecule has 1 saturated heterocycles. The summed E-state index contributed by atoms with van der Waals surface area (Å²) < 4.78 is 23.8. The molecule has 2 atom stereocenters. The number of hydrogen-bond donors (Lipinski definition) is 1. The molecule has 1 aliphatic heterocycles. The topological polar surface area (TPSA) is 83.9 Å². The summed E-state index contributed by atoms with van der Waals surface area (Å²) in [5.41, 5.74) is 0.754. The molecule has 2 aliphatic rings. The van der Waals surface area contributed by atoms with E-state index in [0.29, 0.717) is 40.8 Å². The van der Waals surface area contributed by atoms with Crippen LogP contribution in [0.4, 0.5) is 10.1 Å². The number of fused-ring (bicyclic) bond motifs is 1. The molecular weight excluding hydrogens is 594 g/mol. The number of amides is 1. The number of nitrogens with one attached hydrogen (secondary N) is 1. The first kappa shape index (κ1) is 31.3. The zero-order chi connectivity index (χ0) is 31.2. The van der Waals surface area contributed by atoms with Crippen molar-refractivity contribution in [2.75, 3.05) is 31.6 Å². The van der Waals surface area contributed by atoms with Crippen LogP contribution in [0.3, 0.4) is 0 Å². The Morgan fingerprint density at radius 3 is 2.37 bits per heavy atom. The Kier molecular flexibility index (Phi) is 9.07. The van der Waals surface area contributed by atoms with Crippen LogP contribution in [0.25, 0.3) is 10.9 Å². The molecule has 1 saturated carbocycles. The van der Waals surface area contributed by atoms with Crippen molar-refractivity contribution in [2.24, 2.45) is 5.92 Å². The van der Waals surface area contributed by atoms with E-state index in [2.05, 4.69) is 10.2 Å². The standard InChI is InChI=1S/C32H37Cl2FN4O4/c1-17(2)27(40)16-38-18(3)13-37(14-19(38)4)29-26(35)11-23-28(31(29)43-5)39(22-8-9-22)15-24(30(23)41)32(42)36-12-20-6-7-21(33)10-25(20)34/h6-7,10-11,15,17-19,22H,8-9,12-14,16H2,1-5H3,(H,36,42)/t18-,19+. The molecule has 230 valence electrons. The number of ketones is 1. The molecule has 0 spiro atoms. The van der Waals surface area contributed by atoms with Gasteiger partial charge in [0.2, 0.25) is 5.43 Å². The van der Waals surface area contributed by atoms with Gasteiger partial charge in [-0.3, -0.25) is 19.3 Å². The van der Waals surface area contributed by atoms with Crippen molar-refractivity contribution in [3.05, 3.63) is 67.7 Å². The number of halogens is 3. The van der Waals surface area contributed by atoms with E-state index in [0.717, 1.165) is 12.8 Å². The third kappa shape index (κ3) is 6.26. The average Bonchev–Trinajstić information content (AvgIpc) is 3.79. The Labute approximate surface area is 260 Å². The first-order valence-electron chi connectivity index (χ1n) is 14.6. The number of nitrogens with zero attached hydrogens (tertiary/aromatic N) is 3. The second kappa shape index (κ2) is 12.5. The van der Waals surface area contributed by atoms with Gasteiger partial charge in [0, 0.05) is 59.9 Å². The van der Waals surface area contributed by atoms with Gasteiger partial charge in [-0.25, -0.2) is 4.39 Å². The fraction of sp³-hybridized carbons (Fsp3) is 0.469. The Bertz CT molecular complexity index is 1630. The van der Waals surface area contributed by atoms with Gasteiger partial charge in [0.15, 0.2) is 11.6 Å². The number of methoxy groups -OCH3 is 1. The number of piperazine rings is 1. The third-order valence-corrected chi connectivity index (χ3v) is 9.03. The van der Waals surface area contributed by atoms with Gasteiger partial charge in [0.25, 0.3) is 5.91 Å². The van der Waals surface area contributed by atoms with Gasteiger partial charge >= 0.3 is 0 Å². The van der Waals surface area contributed by atoms with E-state index in [1.165, 1.54) is 13.2 Å². The zero-order valence-electron chi connectivity index (χ0n) is 25.0. The van der Waals surface area contributed by atoms with Crippen molar-refractivity contribution in [2.45, 2.75) is 65.2 Å². The summed E-state index contributed by atoms with van der Waals surface area (Å²) in [6.07, 6.45) is 3.30. The van der Waals surface area contributed by atoms with E-state index >= 15 is 4.39 Å². The third-order valence-electron chi connectivity index (χ3n) is 8.44. The first-order valence-corrected chi connectivity index (χ1v) is 15.4. The first-order chi connectivity index (χ1) is 20.4. The summed E-state index contributed by atoms with van der Waals surface area (Å²) in [6.45, 7) is 9.26. The van der Waals surface area contributed by atoms with E-state index in [1.807, 2.05) is 37.2 Å². The second-order valence-corrected chi connectivity index (χ2v) is 12.8. The molecule has 2 heterocycles. The predicted octanol–water partition coefficient (Wildman–Crippen LogP) is 5.85. The number of rotatable bonds is 9. The fourth-order valence-corrected chi connectivity index (χ4v) is 6.36. The van der Waals surface area contributed by atoms with Crippen LogP contribution in [0.1, 0.15) is 62.5 Å². The molecule has 0 unspecified atom stereocenters. The molecule has 43 heavy (non-hydrogen) atoms. The van der Waals surface area contributed by atoms with Crippen molar-refractivity contribution in [1.82, 2.24) is 14.8 Å². The minimum absolute atomic E-state index is 0.0166. The highest BCUT2D eigenvalue weighted by Crippen LogP contribution is 2.44. The number of pyridine rings is 1. The highest BCUT2D eigenvalue weighted by atomic mass is 35.5. The van der Waals surface area contributed by atoms with Gasteiger partial charge < -0.3 is 19.5 Å². The minimum Gasteiger partial charge on any atom is -0.492 e. The summed E-state index contributed by atoms with van der Waals surface area (Å²) in [6, 6.07) is 6.22. The molecule has 1 N–H and O–H groups in total. The molecular formula is C32H37Cl2FN4O4. The maximum Gasteiger partial charge on any atom is 0.257 e. The van der Waals surface area contributed by atoms with Crippen LogP contribution >= 0.6 is 23.2 Å². The number of carbonyl (C=O) groups excluding carboxylic acids is 2. The van der Waals surface area contributed by atoms with E-state index in [-0.39, 0.29) is 58.8 Å². The van der Waals surface area contributed by atoms with Gasteiger partial charge in [-0.1, -0.05) is 43.1 Å². The number of aromatic nitrogens is 1. The van der Waals surface area contributed by atoms with Gasteiger partial charge in [0.1, 0.15) is 17.0 Å². The summed E-state index contributed by atoms with van der Waals surface area (Å²) >= 11 is 12.2. The highest BCUT2D eigenvalue weighted by molar-refractivity contribution is 6.35. The smallest absolute Gasteiger partial charge is 0.257 e. The van der Waals surface area contributed by atoms with E-state index in [1.54, 1.807) is 24.4 Å². The van der Waals surface area contributed by atoms with E-state index < -0.39 is 17.2 Å². The summed E-state index contributed by atoms with van der Waals surface area (Å²) in [4.78, 5) is 43.6. The van der Waals surface area contributed by atoms with Crippen LogP contribution in [0.2, 0.25) is 10.0 Å². The lowest BCUT2D eigenvalue weighted by molar-refractivity contribution is -0.124. The van der Waals surface area contributed by atoms with Crippen LogP contribution in [-0.4, -0.2) is 60.0 Å². The number of benzene rings is 2. The lowest BCUT2D eigenvalue weighted by Crippen LogP contribution is -2.58. The van der Waals surface area contributed by atoms with Crippen LogP contribution in [0.5, 0.6) is 5.75 Å².